The molecule has 2 aromatic carbocycles. The molecule has 0 aliphatic heterocycles. The van der Waals surface area contributed by atoms with Gasteiger partial charge in [-0.3, -0.25) is 4.79 Å². The molecule has 0 N–H and O–H groups in total. The Morgan fingerprint density at radius 3 is 1.94 bits per heavy atom. The van der Waals surface area contributed by atoms with E-state index in [1.54, 1.807) is 18.2 Å². The van der Waals surface area contributed by atoms with Crippen LogP contribution < -0.4 is 9.47 Å². The number of carbonyl (C=O) groups is 1. The van der Waals surface area contributed by atoms with Gasteiger partial charge in [-0.1, -0.05) is 26.0 Å². The molecule has 0 aromatic heterocycles. The minimum absolute atomic E-state index is 0.0452. The van der Waals surface area contributed by atoms with E-state index in [4.69, 9.17) is 9.47 Å². The van der Waals surface area contributed by atoms with Crippen molar-refractivity contribution >= 4 is 26.0 Å². The zero-order chi connectivity index (χ0) is 25.5. The van der Waals surface area contributed by atoms with Gasteiger partial charge in [0.1, 0.15) is 0 Å². The fourth-order valence-corrected chi connectivity index (χ4v) is 5.89. The predicted molar refractivity (Wildman–Crippen MR) is 130 cm³/mol. The van der Waals surface area contributed by atoms with E-state index in [0.717, 1.165) is 6.26 Å². The van der Waals surface area contributed by atoms with Crippen molar-refractivity contribution in [3.63, 3.8) is 0 Å². The highest BCUT2D eigenvalue weighted by Crippen LogP contribution is 2.32. The first-order chi connectivity index (χ1) is 16.0. The first-order valence-corrected chi connectivity index (χ1v) is 14.1. The summed E-state index contributed by atoms with van der Waals surface area (Å²) in [6, 6.07) is 10.3. The van der Waals surface area contributed by atoms with Gasteiger partial charge in [0, 0.05) is 24.2 Å². The van der Waals surface area contributed by atoms with E-state index in [1.165, 1.54) is 42.8 Å². The number of hydrogen-bond acceptors (Lipinski definition) is 7. The van der Waals surface area contributed by atoms with Crippen molar-refractivity contribution in [2.45, 2.75) is 38.1 Å². The SMILES string of the molecule is CCCN(CCC)S(=O)(=O)c1ccc(C(=O)N(Cc2cccc(OC)c2OC)S(C)(=O)=O)cc1. The van der Waals surface area contributed by atoms with Crippen LogP contribution in [-0.2, 0) is 26.6 Å². The lowest BCUT2D eigenvalue weighted by Crippen LogP contribution is -2.36. The van der Waals surface area contributed by atoms with E-state index in [1.807, 2.05) is 13.8 Å². The van der Waals surface area contributed by atoms with Crippen LogP contribution in [-0.4, -0.2) is 64.9 Å². The van der Waals surface area contributed by atoms with Crippen LogP contribution in [0, 0.1) is 0 Å². The molecule has 0 unspecified atom stereocenters. The number of sulfonamides is 2. The number of benzene rings is 2. The highest BCUT2D eigenvalue weighted by Gasteiger charge is 2.28. The van der Waals surface area contributed by atoms with E-state index in [2.05, 4.69) is 0 Å². The molecule has 2 aromatic rings. The van der Waals surface area contributed by atoms with Crippen molar-refractivity contribution in [3.05, 3.63) is 53.6 Å². The Balaban J connectivity index is 2.40. The molecule has 0 saturated heterocycles. The molecule has 11 heteroatoms. The van der Waals surface area contributed by atoms with Crippen molar-refractivity contribution in [2.24, 2.45) is 0 Å². The zero-order valence-electron chi connectivity index (χ0n) is 20.1. The summed E-state index contributed by atoms with van der Waals surface area (Å²) in [5.41, 5.74) is 0.485. The number of para-hydroxylation sites is 1. The molecule has 0 spiro atoms. The quantitative estimate of drug-likeness (QED) is 0.430. The smallest absolute Gasteiger partial charge is 0.267 e. The molecule has 9 nitrogen and oxygen atoms in total. The molecule has 0 heterocycles. The van der Waals surface area contributed by atoms with Crippen LogP contribution in [0.15, 0.2) is 47.4 Å². The van der Waals surface area contributed by atoms with Gasteiger partial charge in [-0.25, -0.2) is 21.1 Å². The van der Waals surface area contributed by atoms with Gasteiger partial charge in [0.15, 0.2) is 11.5 Å². The lowest BCUT2D eigenvalue weighted by molar-refractivity contribution is 0.0855. The van der Waals surface area contributed by atoms with Crippen LogP contribution in [0.3, 0.4) is 0 Å². The van der Waals surface area contributed by atoms with Gasteiger partial charge in [-0.05, 0) is 43.2 Å². The molecule has 0 saturated carbocycles. The molecule has 0 atom stereocenters. The summed E-state index contributed by atoms with van der Waals surface area (Å²) in [7, 11) is -4.80. The number of methoxy groups -OCH3 is 2. The lowest BCUT2D eigenvalue weighted by atomic mass is 10.1. The fourth-order valence-electron chi connectivity index (χ4n) is 3.49. The Hall–Kier alpha value is -2.63. The van der Waals surface area contributed by atoms with Gasteiger partial charge < -0.3 is 9.47 Å². The highest BCUT2D eigenvalue weighted by atomic mass is 32.2. The van der Waals surface area contributed by atoms with Gasteiger partial charge >= 0.3 is 0 Å². The molecule has 188 valence electrons. The third-order valence-electron chi connectivity index (χ3n) is 5.11. The normalized spacial score (nSPS) is 11.9. The summed E-state index contributed by atoms with van der Waals surface area (Å²) in [5, 5.41) is 0. The number of carbonyl (C=O) groups excluding carboxylic acids is 1. The van der Waals surface area contributed by atoms with Crippen LogP contribution in [0.25, 0.3) is 0 Å². The summed E-state index contributed by atoms with van der Waals surface area (Å²) in [6.07, 6.45) is 2.28. The standard InChI is InChI=1S/C23H32N2O7S2/c1-6-15-24(16-7-2)34(29,30)20-13-11-18(12-14-20)23(26)25(33(5,27)28)17-19-9-8-10-21(31-3)22(19)32-4/h8-14H,6-7,15-17H2,1-5H3. The van der Waals surface area contributed by atoms with Crippen molar-refractivity contribution in [2.75, 3.05) is 33.6 Å². The number of ether oxygens (including phenoxy) is 2. The van der Waals surface area contributed by atoms with E-state index >= 15 is 0 Å². The molecule has 0 bridgehead atoms. The van der Waals surface area contributed by atoms with Crippen molar-refractivity contribution in [1.29, 1.82) is 0 Å². The Labute approximate surface area is 202 Å². The third kappa shape index (κ3) is 6.28. The van der Waals surface area contributed by atoms with E-state index in [9.17, 15) is 21.6 Å². The minimum atomic E-state index is -3.96. The van der Waals surface area contributed by atoms with Gasteiger partial charge in [0.05, 0.1) is 31.9 Å². The Bertz CT molecular complexity index is 1190. The maximum absolute atomic E-state index is 13.2. The Kier molecular flexibility index (Phi) is 9.48. The number of nitrogens with zero attached hydrogens (tertiary/aromatic N) is 2. The Morgan fingerprint density at radius 1 is 0.882 bits per heavy atom. The lowest BCUT2D eigenvalue weighted by Gasteiger charge is -2.23. The topological polar surface area (TPSA) is 110 Å². The van der Waals surface area contributed by atoms with Crippen molar-refractivity contribution in [3.8, 4) is 11.5 Å². The van der Waals surface area contributed by atoms with E-state index < -0.39 is 26.0 Å². The van der Waals surface area contributed by atoms with Crippen molar-refractivity contribution < 1.29 is 31.1 Å². The average Bonchev–Trinajstić information content (AvgIpc) is 2.80. The average molecular weight is 513 g/mol. The van der Waals surface area contributed by atoms with Crippen LogP contribution in [0.1, 0.15) is 42.6 Å². The molecular weight excluding hydrogens is 480 g/mol. The first-order valence-electron chi connectivity index (χ1n) is 10.8. The minimum Gasteiger partial charge on any atom is -0.493 e. The largest absolute Gasteiger partial charge is 0.493 e. The second-order valence-electron chi connectivity index (χ2n) is 7.66. The molecule has 1 amide bonds. The second kappa shape index (κ2) is 11.7. The van der Waals surface area contributed by atoms with Crippen LogP contribution in [0.2, 0.25) is 0 Å². The molecule has 34 heavy (non-hydrogen) atoms. The predicted octanol–water partition coefficient (Wildman–Crippen LogP) is 3.12. The van der Waals surface area contributed by atoms with E-state index in [0.29, 0.717) is 47.3 Å². The molecule has 2 rings (SSSR count). The molecule has 0 radical (unpaired) electrons. The van der Waals surface area contributed by atoms with Gasteiger partial charge in [0.2, 0.25) is 20.0 Å². The summed E-state index contributed by atoms with van der Waals surface area (Å²) < 4.78 is 63.6. The van der Waals surface area contributed by atoms with Gasteiger partial charge in [0.25, 0.3) is 5.91 Å². The van der Waals surface area contributed by atoms with Crippen molar-refractivity contribution in [1.82, 2.24) is 8.61 Å². The third-order valence-corrected chi connectivity index (χ3v) is 8.12. The summed E-state index contributed by atoms with van der Waals surface area (Å²) in [5.74, 6) is -0.0608. The summed E-state index contributed by atoms with van der Waals surface area (Å²) in [4.78, 5) is 13.2. The van der Waals surface area contributed by atoms with Crippen LogP contribution >= 0.6 is 0 Å². The van der Waals surface area contributed by atoms with Crippen LogP contribution in [0.5, 0.6) is 11.5 Å². The number of rotatable bonds is 12. The van der Waals surface area contributed by atoms with E-state index in [-0.39, 0.29) is 17.0 Å². The van der Waals surface area contributed by atoms with Gasteiger partial charge in [-0.2, -0.15) is 4.31 Å². The van der Waals surface area contributed by atoms with Crippen LogP contribution in [0.4, 0.5) is 0 Å². The monoisotopic (exact) mass is 512 g/mol. The zero-order valence-corrected chi connectivity index (χ0v) is 21.8. The molecule has 0 aliphatic carbocycles. The second-order valence-corrected chi connectivity index (χ2v) is 11.5. The Morgan fingerprint density at radius 2 is 1.47 bits per heavy atom. The number of hydrogen-bond donors (Lipinski definition) is 0. The maximum atomic E-state index is 13.2. The van der Waals surface area contributed by atoms with Gasteiger partial charge in [-0.15, -0.1) is 0 Å². The molecule has 0 fully saturated rings. The number of amides is 1. The maximum Gasteiger partial charge on any atom is 0.267 e. The molecular formula is C23H32N2O7S2. The molecule has 0 aliphatic rings. The summed E-state index contributed by atoms with van der Waals surface area (Å²) in [6.45, 7) is 4.30. The fraction of sp³-hybridized carbons (Fsp3) is 0.435. The summed E-state index contributed by atoms with van der Waals surface area (Å²) >= 11 is 0. The highest BCUT2D eigenvalue weighted by molar-refractivity contribution is 7.89. The first kappa shape index (κ1) is 27.6.